The summed E-state index contributed by atoms with van der Waals surface area (Å²) in [6.07, 6.45) is 6.42. The van der Waals surface area contributed by atoms with Gasteiger partial charge in [0.25, 0.3) is 5.91 Å². The summed E-state index contributed by atoms with van der Waals surface area (Å²) in [5, 5.41) is 19.4. The second-order valence-corrected chi connectivity index (χ2v) is 8.98. The molecule has 0 bridgehead atoms. The minimum atomic E-state index is -1.32. The van der Waals surface area contributed by atoms with Gasteiger partial charge in [-0.15, -0.1) is 0 Å². The van der Waals surface area contributed by atoms with Crippen molar-refractivity contribution in [2.75, 3.05) is 32.8 Å². The quantitative estimate of drug-likeness (QED) is 0.354. The van der Waals surface area contributed by atoms with E-state index in [2.05, 4.69) is 16.0 Å². The van der Waals surface area contributed by atoms with E-state index < -0.39 is 23.6 Å². The van der Waals surface area contributed by atoms with Crippen molar-refractivity contribution < 1.29 is 24.2 Å². The van der Waals surface area contributed by atoms with Crippen LogP contribution in [0.15, 0.2) is 0 Å². The highest BCUT2D eigenvalue weighted by atomic mass is 16.5. The van der Waals surface area contributed by atoms with Crippen LogP contribution in [0.1, 0.15) is 78.1 Å². The number of hydrogen-bond donors (Lipinski definition) is 4. The minimum absolute atomic E-state index is 0.256. The molecule has 2 fully saturated rings. The fourth-order valence-corrected chi connectivity index (χ4v) is 4.33. The summed E-state index contributed by atoms with van der Waals surface area (Å²) in [5.41, 5.74) is -1.02. The van der Waals surface area contributed by atoms with Crippen LogP contribution in [0.3, 0.4) is 0 Å². The van der Waals surface area contributed by atoms with Crippen molar-refractivity contribution in [1.82, 2.24) is 20.9 Å². The van der Waals surface area contributed by atoms with Crippen LogP contribution in [-0.4, -0.2) is 78.4 Å². The third-order valence-corrected chi connectivity index (χ3v) is 6.45. The SMILES string of the molecule is CCCCNC(=O)[C@@H](O)[C@H](CCCC)NC(=O)C1(NC(=O)N2CCOCC2)CCCCC1. The highest BCUT2D eigenvalue weighted by Gasteiger charge is 2.43. The number of morpholine rings is 1. The summed E-state index contributed by atoms with van der Waals surface area (Å²) in [6, 6.07) is -0.948. The summed E-state index contributed by atoms with van der Waals surface area (Å²) in [5.74, 6) is -0.768. The first-order valence-electron chi connectivity index (χ1n) is 12.3. The lowest BCUT2D eigenvalue weighted by Crippen LogP contribution is -2.65. The highest BCUT2D eigenvalue weighted by Crippen LogP contribution is 2.29. The van der Waals surface area contributed by atoms with E-state index in [9.17, 15) is 19.5 Å². The molecule has 1 saturated carbocycles. The number of aliphatic hydroxyl groups excluding tert-OH is 1. The van der Waals surface area contributed by atoms with Crippen molar-refractivity contribution in [3.05, 3.63) is 0 Å². The first kappa shape index (κ1) is 26.4. The Bertz CT molecular complexity index is 603. The number of amides is 4. The largest absolute Gasteiger partial charge is 0.381 e. The number of nitrogens with zero attached hydrogens (tertiary/aromatic N) is 1. The Morgan fingerprint density at radius 2 is 1.69 bits per heavy atom. The summed E-state index contributed by atoms with van der Waals surface area (Å²) < 4.78 is 5.32. The molecular weight excluding hydrogens is 412 g/mol. The van der Waals surface area contributed by atoms with E-state index in [0.717, 1.165) is 44.9 Å². The number of aliphatic hydroxyl groups is 1. The molecule has 1 aliphatic carbocycles. The maximum absolute atomic E-state index is 13.5. The predicted octanol–water partition coefficient (Wildman–Crippen LogP) is 1.68. The molecule has 1 heterocycles. The number of unbranched alkanes of at least 4 members (excludes halogenated alkanes) is 2. The zero-order chi connectivity index (χ0) is 23.4. The Balaban J connectivity index is 2.09. The zero-order valence-corrected chi connectivity index (χ0v) is 19.8. The maximum Gasteiger partial charge on any atom is 0.318 e. The molecule has 0 aromatic carbocycles. The van der Waals surface area contributed by atoms with Crippen LogP contribution in [0, 0.1) is 0 Å². The third-order valence-electron chi connectivity index (χ3n) is 6.45. The first-order valence-corrected chi connectivity index (χ1v) is 12.3. The van der Waals surface area contributed by atoms with Gasteiger partial charge < -0.3 is 30.7 Å². The van der Waals surface area contributed by atoms with Gasteiger partial charge in [-0.05, 0) is 25.7 Å². The Morgan fingerprint density at radius 1 is 1.03 bits per heavy atom. The van der Waals surface area contributed by atoms with Crippen LogP contribution in [0.5, 0.6) is 0 Å². The summed E-state index contributed by atoms with van der Waals surface area (Å²) in [4.78, 5) is 40.5. The lowest BCUT2D eigenvalue weighted by molar-refractivity contribution is -0.134. The number of hydrogen-bond acceptors (Lipinski definition) is 5. The Hall–Kier alpha value is -1.87. The molecule has 0 radical (unpaired) electrons. The van der Waals surface area contributed by atoms with Crippen LogP contribution < -0.4 is 16.0 Å². The summed E-state index contributed by atoms with van der Waals surface area (Å²) in [7, 11) is 0. The molecule has 2 atom stereocenters. The van der Waals surface area contributed by atoms with E-state index in [1.165, 1.54) is 0 Å². The monoisotopic (exact) mass is 454 g/mol. The van der Waals surface area contributed by atoms with Gasteiger partial charge in [-0.1, -0.05) is 52.4 Å². The van der Waals surface area contributed by atoms with E-state index >= 15 is 0 Å². The first-order chi connectivity index (χ1) is 15.4. The molecule has 0 aromatic heterocycles. The van der Waals surface area contributed by atoms with E-state index in [-0.39, 0.29) is 11.9 Å². The minimum Gasteiger partial charge on any atom is -0.381 e. The molecule has 2 aliphatic rings. The van der Waals surface area contributed by atoms with Crippen LogP contribution in [-0.2, 0) is 14.3 Å². The molecule has 2 rings (SSSR count). The number of carbonyl (C=O) groups is 3. The van der Waals surface area contributed by atoms with Gasteiger partial charge in [0.2, 0.25) is 5.91 Å². The van der Waals surface area contributed by atoms with Crippen molar-refractivity contribution in [2.45, 2.75) is 95.7 Å². The number of rotatable bonds is 11. The number of nitrogens with one attached hydrogen (secondary N) is 3. The molecule has 0 spiro atoms. The number of carbonyl (C=O) groups excluding carboxylic acids is 3. The third kappa shape index (κ3) is 7.62. The average Bonchev–Trinajstić information content (AvgIpc) is 2.82. The summed E-state index contributed by atoms with van der Waals surface area (Å²) in [6.45, 7) is 6.54. The standard InChI is InChI=1S/C23H42N4O5/c1-3-5-10-18(19(28)20(29)24-13-6-4-2)25-21(30)23(11-8-7-9-12-23)26-22(31)27-14-16-32-17-15-27/h18-19,28H,3-17H2,1-2H3,(H,24,29)(H,25,30)(H,26,31)/t18-,19-/m0/s1. The van der Waals surface area contributed by atoms with E-state index in [0.29, 0.717) is 52.1 Å². The Kier molecular flexibility index (Phi) is 11.2. The van der Waals surface area contributed by atoms with Crippen molar-refractivity contribution in [3.8, 4) is 0 Å². The molecular formula is C23H42N4O5. The molecule has 32 heavy (non-hydrogen) atoms. The van der Waals surface area contributed by atoms with E-state index in [1.54, 1.807) is 4.90 Å². The fourth-order valence-electron chi connectivity index (χ4n) is 4.33. The van der Waals surface area contributed by atoms with Gasteiger partial charge >= 0.3 is 6.03 Å². The molecule has 4 N–H and O–H groups in total. The van der Waals surface area contributed by atoms with Crippen molar-refractivity contribution in [2.24, 2.45) is 0 Å². The Labute approximate surface area is 192 Å². The molecule has 0 aromatic rings. The van der Waals surface area contributed by atoms with Crippen LogP contribution >= 0.6 is 0 Å². The fraction of sp³-hybridized carbons (Fsp3) is 0.870. The van der Waals surface area contributed by atoms with Gasteiger partial charge in [-0.25, -0.2) is 4.79 Å². The van der Waals surface area contributed by atoms with Crippen LogP contribution in [0.25, 0.3) is 0 Å². The van der Waals surface area contributed by atoms with Crippen LogP contribution in [0.2, 0.25) is 0 Å². The van der Waals surface area contributed by atoms with E-state index in [1.807, 2.05) is 13.8 Å². The molecule has 9 nitrogen and oxygen atoms in total. The highest BCUT2D eigenvalue weighted by molar-refractivity contribution is 5.92. The lowest BCUT2D eigenvalue weighted by Gasteiger charge is -2.40. The topological polar surface area (TPSA) is 120 Å². The number of urea groups is 1. The predicted molar refractivity (Wildman–Crippen MR) is 122 cm³/mol. The summed E-state index contributed by atoms with van der Waals surface area (Å²) >= 11 is 0. The van der Waals surface area contributed by atoms with Gasteiger partial charge in [-0.2, -0.15) is 0 Å². The maximum atomic E-state index is 13.5. The molecule has 1 aliphatic heterocycles. The van der Waals surface area contributed by atoms with Crippen molar-refractivity contribution >= 4 is 17.8 Å². The van der Waals surface area contributed by atoms with Gasteiger partial charge in [0.15, 0.2) is 6.10 Å². The molecule has 184 valence electrons. The molecule has 0 unspecified atom stereocenters. The number of ether oxygens (including phenoxy) is 1. The molecule has 1 saturated heterocycles. The normalized spacial score (nSPS) is 20.2. The smallest absolute Gasteiger partial charge is 0.318 e. The Morgan fingerprint density at radius 3 is 2.31 bits per heavy atom. The van der Waals surface area contributed by atoms with Gasteiger partial charge in [0.05, 0.1) is 19.3 Å². The van der Waals surface area contributed by atoms with Gasteiger partial charge in [0.1, 0.15) is 5.54 Å². The van der Waals surface area contributed by atoms with Crippen molar-refractivity contribution in [1.29, 1.82) is 0 Å². The molecule has 9 heteroatoms. The van der Waals surface area contributed by atoms with E-state index in [4.69, 9.17) is 4.74 Å². The van der Waals surface area contributed by atoms with Crippen molar-refractivity contribution in [3.63, 3.8) is 0 Å². The van der Waals surface area contributed by atoms with Gasteiger partial charge in [-0.3, -0.25) is 9.59 Å². The molecule has 4 amide bonds. The zero-order valence-electron chi connectivity index (χ0n) is 19.8. The van der Waals surface area contributed by atoms with Gasteiger partial charge in [0, 0.05) is 19.6 Å². The second kappa shape index (κ2) is 13.6. The average molecular weight is 455 g/mol. The lowest BCUT2D eigenvalue weighted by atomic mass is 9.80. The second-order valence-electron chi connectivity index (χ2n) is 8.98. The van der Waals surface area contributed by atoms with Crippen LogP contribution in [0.4, 0.5) is 4.79 Å².